The Kier molecular flexibility index (Phi) is 8.24. The third-order valence-electron chi connectivity index (χ3n) is 4.37. The molecule has 32 heavy (non-hydrogen) atoms. The Bertz CT molecular complexity index is 1150. The number of amides is 1. The molecule has 0 atom stereocenters. The summed E-state index contributed by atoms with van der Waals surface area (Å²) in [5.41, 5.74) is 3.89. The predicted molar refractivity (Wildman–Crippen MR) is 127 cm³/mol. The summed E-state index contributed by atoms with van der Waals surface area (Å²) < 4.78 is 31.6. The fourth-order valence-corrected chi connectivity index (χ4v) is 3.74. The third-order valence-corrected chi connectivity index (χ3v) is 5.45. The molecule has 0 unspecified atom stereocenters. The van der Waals surface area contributed by atoms with E-state index < -0.39 is 5.91 Å². The summed E-state index contributed by atoms with van der Waals surface area (Å²) in [4.78, 5) is 12.4. The quantitative estimate of drug-likeness (QED) is 0.280. The minimum Gasteiger partial charge on any atom is -0.496 e. The van der Waals surface area contributed by atoms with Gasteiger partial charge in [0.05, 0.1) is 30.5 Å². The van der Waals surface area contributed by atoms with Crippen molar-refractivity contribution in [3.63, 3.8) is 0 Å². The van der Waals surface area contributed by atoms with Gasteiger partial charge in [0.15, 0.2) is 11.5 Å². The SMILES string of the molecule is COc1ccc(Br)cc1C(=O)N/N=C\c1cc(Br)c(OCc2ccccc2F)c(OC)c1. The summed E-state index contributed by atoms with van der Waals surface area (Å²) in [6.45, 7) is 0.0413. The monoisotopic (exact) mass is 564 g/mol. The highest BCUT2D eigenvalue weighted by Gasteiger charge is 2.14. The predicted octanol–water partition coefficient (Wildman–Crippen LogP) is 5.71. The number of benzene rings is 3. The lowest BCUT2D eigenvalue weighted by Gasteiger charge is -2.14. The first-order valence-electron chi connectivity index (χ1n) is 9.33. The summed E-state index contributed by atoms with van der Waals surface area (Å²) in [7, 11) is 2.99. The van der Waals surface area contributed by atoms with E-state index in [1.54, 1.807) is 48.5 Å². The van der Waals surface area contributed by atoms with Crippen LogP contribution < -0.4 is 19.6 Å². The van der Waals surface area contributed by atoms with Crippen LogP contribution in [0.3, 0.4) is 0 Å². The number of nitrogens with one attached hydrogen (secondary N) is 1. The number of hydrogen-bond donors (Lipinski definition) is 1. The Hall–Kier alpha value is -2.91. The Balaban J connectivity index is 1.73. The van der Waals surface area contributed by atoms with E-state index >= 15 is 0 Å². The summed E-state index contributed by atoms with van der Waals surface area (Å²) in [5, 5.41) is 4.01. The zero-order valence-corrected chi connectivity index (χ0v) is 20.4. The van der Waals surface area contributed by atoms with Crippen molar-refractivity contribution in [2.24, 2.45) is 5.10 Å². The standard InChI is InChI=1S/C23H19Br2FN2O4/c1-30-20-8-7-16(24)11-17(20)23(29)28-27-12-14-9-18(25)22(21(10-14)31-2)32-13-15-5-3-4-6-19(15)26/h3-12H,13H2,1-2H3,(H,28,29)/b27-12-. The van der Waals surface area contributed by atoms with Crippen LogP contribution in [0.1, 0.15) is 21.5 Å². The maximum absolute atomic E-state index is 13.9. The smallest absolute Gasteiger partial charge is 0.275 e. The second-order valence-electron chi connectivity index (χ2n) is 6.46. The fourth-order valence-electron chi connectivity index (χ4n) is 2.80. The molecule has 0 heterocycles. The van der Waals surface area contributed by atoms with Gasteiger partial charge in [0.2, 0.25) is 0 Å². The number of hydrogen-bond acceptors (Lipinski definition) is 5. The number of rotatable bonds is 8. The molecule has 0 saturated carbocycles. The van der Waals surface area contributed by atoms with Crippen molar-refractivity contribution >= 4 is 44.0 Å². The van der Waals surface area contributed by atoms with Gasteiger partial charge in [0.25, 0.3) is 5.91 Å². The lowest BCUT2D eigenvalue weighted by molar-refractivity contribution is 0.0952. The minimum absolute atomic E-state index is 0.0413. The first-order chi connectivity index (χ1) is 15.4. The first-order valence-corrected chi connectivity index (χ1v) is 10.9. The second kappa shape index (κ2) is 11.1. The summed E-state index contributed by atoms with van der Waals surface area (Å²) in [6.07, 6.45) is 1.47. The fraction of sp³-hybridized carbons (Fsp3) is 0.130. The van der Waals surface area contributed by atoms with Crippen LogP contribution in [0.15, 0.2) is 68.6 Å². The molecule has 0 spiro atoms. The minimum atomic E-state index is -0.421. The summed E-state index contributed by atoms with van der Waals surface area (Å²) in [6, 6.07) is 14.9. The van der Waals surface area contributed by atoms with Crippen LogP contribution in [0.2, 0.25) is 0 Å². The topological polar surface area (TPSA) is 69.2 Å². The lowest BCUT2D eigenvalue weighted by atomic mass is 10.2. The van der Waals surface area contributed by atoms with Gasteiger partial charge in [-0.15, -0.1) is 0 Å². The zero-order valence-electron chi connectivity index (χ0n) is 17.2. The van der Waals surface area contributed by atoms with Crippen molar-refractivity contribution in [1.82, 2.24) is 5.43 Å². The molecule has 0 fully saturated rings. The van der Waals surface area contributed by atoms with E-state index in [1.165, 1.54) is 26.5 Å². The van der Waals surface area contributed by atoms with Crippen molar-refractivity contribution in [3.8, 4) is 17.2 Å². The number of halogens is 3. The van der Waals surface area contributed by atoms with Gasteiger partial charge in [-0.3, -0.25) is 4.79 Å². The lowest BCUT2D eigenvalue weighted by Crippen LogP contribution is -2.18. The van der Waals surface area contributed by atoms with Gasteiger partial charge in [-0.1, -0.05) is 34.1 Å². The molecule has 3 rings (SSSR count). The number of methoxy groups -OCH3 is 2. The molecule has 0 aliphatic carbocycles. The van der Waals surface area contributed by atoms with Crippen molar-refractivity contribution < 1.29 is 23.4 Å². The molecule has 0 saturated heterocycles. The first kappa shape index (κ1) is 23.7. The van der Waals surface area contributed by atoms with Crippen molar-refractivity contribution in [1.29, 1.82) is 0 Å². The van der Waals surface area contributed by atoms with Crippen LogP contribution >= 0.6 is 31.9 Å². The van der Waals surface area contributed by atoms with E-state index in [-0.39, 0.29) is 12.4 Å². The molecule has 9 heteroatoms. The molecular weight excluding hydrogens is 547 g/mol. The van der Waals surface area contributed by atoms with Crippen LogP contribution in [0.4, 0.5) is 4.39 Å². The molecule has 3 aromatic rings. The van der Waals surface area contributed by atoms with E-state index in [1.807, 2.05) is 0 Å². The average Bonchev–Trinajstić information content (AvgIpc) is 2.79. The molecule has 0 bridgehead atoms. The molecule has 1 N–H and O–H groups in total. The molecular formula is C23H19Br2FN2O4. The van der Waals surface area contributed by atoms with Crippen molar-refractivity contribution in [3.05, 3.63) is 86.1 Å². The highest BCUT2D eigenvalue weighted by atomic mass is 79.9. The zero-order chi connectivity index (χ0) is 23.1. The molecule has 0 radical (unpaired) electrons. The normalized spacial score (nSPS) is 10.8. The number of ether oxygens (including phenoxy) is 3. The molecule has 0 aliphatic rings. The van der Waals surface area contributed by atoms with Gasteiger partial charge in [0, 0.05) is 10.0 Å². The van der Waals surface area contributed by atoms with Crippen molar-refractivity contribution in [2.75, 3.05) is 14.2 Å². The Morgan fingerprint density at radius 1 is 1.06 bits per heavy atom. The molecule has 3 aromatic carbocycles. The molecule has 0 aliphatic heterocycles. The molecule has 1 amide bonds. The van der Waals surface area contributed by atoms with E-state index in [0.29, 0.717) is 38.4 Å². The van der Waals surface area contributed by atoms with Gasteiger partial charge in [-0.25, -0.2) is 9.82 Å². The van der Waals surface area contributed by atoms with Gasteiger partial charge < -0.3 is 14.2 Å². The summed E-state index contributed by atoms with van der Waals surface area (Å²) in [5.74, 6) is 0.522. The second-order valence-corrected chi connectivity index (χ2v) is 8.23. The van der Waals surface area contributed by atoms with Gasteiger partial charge in [-0.2, -0.15) is 5.10 Å². The Morgan fingerprint density at radius 2 is 1.81 bits per heavy atom. The number of carbonyl (C=O) groups is 1. The number of carbonyl (C=O) groups excluding carboxylic acids is 1. The maximum atomic E-state index is 13.9. The Morgan fingerprint density at radius 3 is 2.53 bits per heavy atom. The molecule has 0 aromatic heterocycles. The van der Waals surface area contributed by atoms with Crippen LogP contribution in [0, 0.1) is 5.82 Å². The number of hydrazone groups is 1. The van der Waals surface area contributed by atoms with E-state index in [2.05, 4.69) is 42.4 Å². The Labute approximate surface area is 201 Å². The highest BCUT2D eigenvalue weighted by molar-refractivity contribution is 9.10. The van der Waals surface area contributed by atoms with E-state index in [9.17, 15) is 9.18 Å². The largest absolute Gasteiger partial charge is 0.496 e. The maximum Gasteiger partial charge on any atom is 0.275 e. The van der Waals surface area contributed by atoms with Gasteiger partial charge >= 0.3 is 0 Å². The summed E-state index contributed by atoms with van der Waals surface area (Å²) >= 11 is 6.78. The van der Waals surface area contributed by atoms with Crippen LogP contribution in [0.5, 0.6) is 17.2 Å². The van der Waals surface area contributed by atoms with Crippen LogP contribution in [-0.2, 0) is 6.61 Å². The number of nitrogens with zero attached hydrogens (tertiary/aromatic N) is 1. The highest BCUT2D eigenvalue weighted by Crippen LogP contribution is 2.37. The van der Waals surface area contributed by atoms with Crippen molar-refractivity contribution in [2.45, 2.75) is 6.61 Å². The third kappa shape index (κ3) is 5.86. The van der Waals surface area contributed by atoms with Crippen LogP contribution in [-0.4, -0.2) is 26.3 Å². The average molecular weight is 566 g/mol. The van der Waals surface area contributed by atoms with Gasteiger partial charge in [-0.05, 0) is 57.9 Å². The molecule has 166 valence electrons. The molecule has 6 nitrogen and oxygen atoms in total. The van der Waals surface area contributed by atoms with E-state index in [4.69, 9.17) is 14.2 Å². The van der Waals surface area contributed by atoms with E-state index in [0.717, 1.165) is 4.47 Å². The van der Waals surface area contributed by atoms with Gasteiger partial charge in [0.1, 0.15) is 18.2 Å². The van der Waals surface area contributed by atoms with Crippen LogP contribution in [0.25, 0.3) is 0 Å².